The number of nitrogens with one attached hydrogen (secondary N) is 2. The molecule has 0 spiro atoms. The number of halogens is 1. The monoisotopic (exact) mass is 438 g/mol. The Hall–Kier alpha value is -2.93. The molecule has 31 heavy (non-hydrogen) atoms. The van der Waals surface area contributed by atoms with E-state index in [1.54, 1.807) is 12.4 Å². The Kier molecular flexibility index (Phi) is 6.82. The maximum absolute atomic E-state index is 12.5. The Morgan fingerprint density at radius 3 is 2.97 bits per heavy atom. The lowest BCUT2D eigenvalue weighted by atomic mass is 9.97. The first kappa shape index (κ1) is 21.3. The van der Waals surface area contributed by atoms with Crippen LogP contribution >= 0.6 is 11.6 Å². The maximum Gasteiger partial charge on any atom is 0.224 e. The molecule has 4 rings (SSSR count). The SMILES string of the molecule is CCCNC(=O)C1CCCN(c2nccc3nc(NCc4ccccc4Cl)ncc23)C1. The van der Waals surface area contributed by atoms with Crippen LogP contribution in [0.1, 0.15) is 31.7 Å². The molecule has 1 saturated heterocycles. The van der Waals surface area contributed by atoms with E-state index in [1.165, 1.54) is 0 Å². The number of hydrogen-bond donors (Lipinski definition) is 2. The Labute approximate surface area is 187 Å². The average molecular weight is 439 g/mol. The Bertz CT molecular complexity index is 1060. The Balaban J connectivity index is 1.50. The second-order valence-electron chi connectivity index (χ2n) is 7.78. The fourth-order valence-electron chi connectivity index (χ4n) is 3.87. The lowest BCUT2D eigenvalue weighted by molar-refractivity contribution is -0.125. The van der Waals surface area contributed by atoms with Crippen molar-refractivity contribution in [3.05, 3.63) is 53.3 Å². The normalized spacial score (nSPS) is 16.3. The molecule has 8 heteroatoms. The van der Waals surface area contributed by atoms with Crippen LogP contribution in [0.25, 0.3) is 10.9 Å². The van der Waals surface area contributed by atoms with Crippen molar-refractivity contribution in [1.82, 2.24) is 20.3 Å². The van der Waals surface area contributed by atoms with E-state index in [4.69, 9.17) is 11.6 Å². The van der Waals surface area contributed by atoms with Crippen LogP contribution in [0.2, 0.25) is 5.02 Å². The zero-order valence-electron chi connectivity index (χ0n) is 17.6. The smallest absolute Gasteiger partial charge is 0.224 e. The van der Waals surface area contributed by atoms with E-state index in [0.29, 0.717) is 24.1 Å². The summed E-state index contributed by atoms with van der Waals surface area (Å²) < 4.78 is 0. The number of aromatic nitrogens is 3. The van der Waals surface area contributed by atoms with Gasteiger partial charge in [0.2, 0.25) is 11.9 Å². The van der Waals surface area contributed by atoms with Crippen LogP contribution in [0.3, 0.4) is 0 Å². The molecular formula is C23H27ClN6O. The summed E-state index contributed by atoms with van der Waals surface area (Å²) in [7, 11) is 0. The first-order valence-corrected chi connectivity index (χ1v) is 11.1. The van der Waals surface area contributed by atoms with Crippen LogP contribution in [-0.2, 0) is 11.3 Å². The van der Waals surface area contributed by atoms with Gasteiger partial charge in [-0.1, -0.05) is 36.7 Å². The topological polar surface area (TPSA) is 83.0 Å². The van der Waals surface area contributed by atoms with Crippen molar-refractivity contribution >= 4 is 40.2 Å². The number of benzene rings is 1. The van der Waals surface area contributed by atoms with Gasteiger partial charge in [-0.2, -0.15) is 0 Å². The van der Waals surface area contributed by atoms with Gasteiger partial charge in [-0.05, 0) is 37.0 Å². The summed E-state index contributed by atoms with van der Waals surface area (Å²) in [5.74, 6) is 1.49. The molecule has 3 aromatic rings. The van der Waals surface area contributed by atoms with Crippen molar-refractivity contribution in [2.75, 3.05) is 29.9 Å². The Morgan fingerprint density at radius 2 is 2.13 bits per heavy atom. The predicted molar refractivity (Wildman–Crippen MR) is 124 cm³/mol. The van der Waals surface area contributed by atoms with E-state index in [2.05, 4.69) is 37.4 Å². The molecule has 3 heterocycles. The Morgan fingerprint density at radius 1 is 1.26 bits per heavy atom. The van der Waals surface area contributed by atoms with Gasteiger partial charge in [-0.3, -0.25) is 4.79 Å². The van der Waals surface area contributed by atoms with Gasteiger partial charge in [0.15, 0.2) is 0 Å². The van der Waals surface area contributed by atoms with Crippen LogP contribution in [0.5, 0.6) is 0 Å². The van der Waals surface area contributed by atoms with Crippen molar-refractivity contribution in [2.45, 2.75) is 32.7 Å². The summed E-state index contributed by atoms with van der Waals surface area (Å²) in [6.45, 7) is 4.86. The van der Waals surface area contributed by atoms with Crippen LogP contribution in [0, 0.1) is 5.92 Å². The van der Waals surface area contributed by atoms with E-state index in [9.17, 15) is 4.79 Å². The van der Waals surface area contributed by atoms with E-state index in [1.807, 2.05) is 30.3 Å². The highest BCUT2D eigenvalue weighted by molar-refractivity contribution is 6.31. The minimum absolute atomic E-state index is 0.0187. The van der Waals surface area contributed by atoms with Crippen molar-refractivity contribution in [3.63, 3.8) is 0 Å². The zero-order chi connectivity index (χ0) is 21.6. The lowest BCUT2D eigenvalue weighted by Crippen LogP contribution is -2.43. The minimum Gasteiger partial charge on any atom is -0.356 e. The molecule has 1 aliphatic rings. The molecule has 0 saturated carbocycles. The number of pyridine rings is 1. The number of rotatable bonds is 7. The largest absolute Gasteiger partial charge is 0.356 e. The molecule has 1 unspecified atom stereocenters. The fourth-order valence-corrected chi connectivity index (χ4v) is 4.07. The number of carbonyl (C=O) groups excluding carboxylic acids is 1. The summed E-state index contributed by atoms with van der Waals surface area (Å²) in [4.78, 5) is 28.4. The molecule has 162 valence electrons. The van der Waals surface area contributed by atoms with Crippen molar-refractivity contribution in [2.24, 2.45) is 5.92 Å². The molecule has 0 bridgehead atoms. The van der Waals surface area contributed by atoms with Gasteiger partial charge in [0, 0.05) is 43.6 Å². The maximum atomic E-state index is 12.5. The van der Waals surface area contributed by atoms with E-state index in [0.717, 1.165) is 54.6 Å². The number of fused-ring (bicyclic) bond motifs is 1. The van der Waals surface area contributed by atoms with Gasteiger partial charge in [0.25, 0.3) is 0 Å². The van der Waals surface area contributed by atoms with Crippen molar-refractivity contribution < 1.29 is 4.79 Å². The second kappa shape index (κ2) is 9.92. The quantitative estimate of drug-likeness (QED) is 0.579. The van der Waals surface area contributed by atoms with E-state index >= 15 is 0 Å². The third-order valence-corrected chi connectivity index (χ3v) is 5.89. The molecule has 1 atom stereocenters. The number of amides is 1. The highest BCUT2D eigenvalue weighted by Crippen LogP contribution is 2.28. The van der Waals surface area contributed by atoms with Gasteiger partial charge < -0.3 is 15.5 Å². The van der Waals surface area contributed by atoms with E-state index in [-0.39, 0.29) is 11.8 Å². The fraction of sp³-hybridized carbons (Fsp3) is 0.391. The molecule has 1 aliphatic heterocycles. The molecule has 2 N–H and O–H groups in total. The van der Waals surface area contributed by atoms with Gasteiger partial charge in [-0.15, -0.1) is 0 Å². The summed E-state index contributed by atoms with van der Waals surface area (Å²) >= 11 is 6.23. The zero-order valence-corrected chi connectivity index (χ0v) is 18.4. The van der Waals surface area contributed by atoms with Gasteiger partial charge in [-0.25, -0.2) is 15.0 Å². The molecule has 1 amide bonds. The van der Waals surface area contributed by atoms with Crippen LogP contribution in [0.15, 0.2) is 42.7 Å². The van der Waals surface area contributed by atoms with Crippen molar-refractivity contribution in [3.8, 4) is 0 Å². The average Bonchev–Trinajstić information content (AvgIpc) is 2.81. The summed E-state index contributed by atoms with van der Waals surface area (Å²) in [5, 5.41) is 7.86. The summed E-state index contributed by atoms with van der Waals surface area (Å²) in [6, 6.07) is 9.59. The number of nitrogens with zero attached hydrogens (tertiary/aromatic N) is 4. The van der Waals surface area contributed by atoms with E-state index < -0.39 is 0 Å². The number of carbonyl (C=O) groups is 1. The van der Waals surface area contributed by atoms with Gasteiger partial charge in [0.05, 0.1) is 16.8 Å². The molecule has 1 aromatic carbocycles. The third kappa shape index (κ3) is 5.05. The molecule has 7 nitrogen and oxygen atoms in total. The molecule has 0 radical (unpaired) electrons. The van der Waals surface area contributed by atoms with Crippen LogP contribution < -0.4 is 15.5 Å². The minimum atomic E-state index is -0.0187. The molecule has 2 aromatic heterocycles. The standard InChI is InChI=1S/C23H27ClN6O/c1-2-10-26-22(31)17-7-5-12-30(15-17)21-18-14-28-23(29-20(18)9-11-25-21)27-13-16-6-3-4-8-19(16)24/h3-4,6,8-9,11,14,17H,2,5,7,10,12-13,15H2,1H3,(H,26,31)(H,27,28,29). The first-order chi connectivity index (χ1) is 15.2. The van der Waals surface area contributed by atoms with Crippen molar-refractivity contribution in [1.29, 1.82) is 0 Å². The lowest BCUT2D eigenvalue weighted by Gasteiger charge is -2.33. The van der Waals surface area contributed by atoms with Crippen LogP contribution in [-0.4, -0.2) is 40.5 Å². The predicted octanol–water partition coefficient (Wildman–Crippen LogP) is 4.03. The highest BCUT2D eigenvalue weighted by atomic mass is 35.5. The first-order valence-electron chi connectivity index (χ1n) is 10.8. The number of piperidine rings is 1. The van der Waals surface area contributed by atoms with Crippen LogP contribution in [0.4, 0.5) is 11.8 Å². The number of hydrogen-bond acceptors (Lipinski definition) is 6. The number of anilines is 2. The molecule has 0 aliphatic carbocycles. The molecular weight excluding hydrogens is 412 g/mol. The molecule has 1 fully saturated rings. The second-order valence-corrected chi connectivity index (χ2v) is 8.19. The van der Waals surface area contributed by atoms with Gasteiger partial charge in [0.1, 0.15) is 5.82 Å². The summed E-state index contributed by atoms with van der Waals surface area (Å²) in [5.41, 5.74) is 1.81. The third-order valence-electron chi connectivity index (χ3n) is 5.52. The van der Waals surface area contributed by atoms with Gasteiger partial charge >= 0.3 is 0 Å². The summed E-state index contributed by atoms with van der Waals surface area (Å²) in [6.07, 6.45) is 6.38. The highest BCUT2D eigenvalue weighted by Gasteiger charge is 2.27.